The minimum Gasteiger partial charge on any atom is -0.507 e. The van der Waals surface area contributed by atoms with E-state index < -0.39 is 29.5 Å². The van der Waals surface area contributed by atoms with Crippen molar-refractivity contribution in [3.63, 3.8) is 0 Å². The molecule has 2 N–H and O–H groups in total. The number of benzene rings is 2. The molecule has 26 heavy (non-hydrogen) atoms. The van der Waals surface area contributed by atoms with Gasteiger partial charge in [0.2, 0.25) is 5.78 Å². The third-order valence-electron chi connectivity index (χ3n) is 4.37. The standard InChI is InChI=1S/C21H20O5/c22-16(13-15-9-5-2-6-10-15)19(23)18-20(24)17(26-21(18)25)12-11-14-7-3-1-4-8-14/h1-10,16-17,22,24H,11-13H2. The number of esters is 1. The smallest absolute Gasteiger partial charge is 0.346 e. The second-order valence-corrected chi connectivity index (χ2v) is 6.25. The number of cyclic esters (lactones) is 1. The van der Waals surface area contributed by atoms with E-state index >= 15 is 0 Å². The van der Waals surface area contributed by atoms with Gasteiger partial charge in [-0.2, -0.15) is 0 Å². The summed E-state index contributed by atoms with van der Waals surface area (Å²) in [6.07, 6.45) is -1.23. The van der Waals surface area contributed by atoms with Gasteiger partial charge in [-0.25, -0.2) is 4.79 Å². The van der Waals surface area contributed by atoms with Crippen molar-refractivity contribution in [2.45, 2.75) is 31.5 Å². The fourth-order valence-electron chi connectivity index (χ4n) is 2.97. The number of aliphatic hydroxyl groups is 2. The maximum absolute atomic E-state index is 12.4. The maximum atomic E-state index is 12.4. The van der Waals surface area contributed by atoms with Crippen molar-refractivity contribution in [2.75, 3.05) is 0 Å². The highest BCUT2D eigenvalue weighted by Crippen LogP contribution is 2.26. The predicted molar refractivity (Wildman–Crippen MR) is 95.5 cm³/mol. The number of rotatable bonds is 7. The Kier molecular flexibility index (Phi) is 5.49. The van der Waals surface area contributed by atoms with Gasteiger partial charge in [0.15, 0.2) is 11.9 Å². The van der Waals surface area contributed by atoms with Crippen LogP contribution in [-0.2, 0) is 27.2 Å². The zero-order valence-corrected chi connectivity index (χ0v) is 14.2. The van der Waals surface area contributed by atoms with Crippen LogP contribution in [0, 0.1) is 0 Å². The second kappa shape index (κ2) is 7.97. The lowest BCUT2D eigenvalue weighted by Gasteiger charge is -2.10. The Morgan fingerprint density at radius 3 is 2.19 bits per heavy atom. The van der Waals surface area contributed by atoms with E-state index in [2.05, 4.69) is 0 Å². The monoisotopic (exact) mass is 352 g/mol. The Morgan fingerprint density at radius 1 is 1.00 bits per heavy atom. The van der Waals surface area contributed by atoms with Crippen molar-refractivity contribution in [1.29, 1.82) is 0 Å². The summed E-state index contributed by atoms with van der Waals surface area (Å²) < 4.78 is 5.13. The van der Waals surface area contributed by atoms with Crippen molar-refractivity contribution in [3.05, 3.63) is 83.1 Å². The molecule has 0 aromatic heterocycles. The first kappa shape index (κ1) is 17.9. The molecule has 0 saturated heterocycles. The van der Waals surface area contributed by atoms with Crippen molar-refractivity contribution in [1.82, 2.24) is 0 Å². The minimum absolute atomic E-state index is 0.0679. The quantitative estimate of drug-likeness (QED) is 0.591. The lowest BCUT2D eigenvalue weighted by atomic mass is 9.98. The topological polar surface area (TPSA) is 83.8 Å². The van der Waals surface area contributed by atoms with Gasteiger partial charge < -0.3 is 14.9 Å². The number of hydrogen-bond acceptors (Lipinski definition) is 5. The highest BCUT2D eigenvalue weighted by molar-refractivity contribution is 6.20. The van der Waals surface area contributed by atoms with Crippen LogP contribution < -0.4 is 0 Å². The Balaban J connectivity index is 1.68. The first-order valence-electron chi connectivity index (χ1n) is 8.50. The van der Waals surface area contributed by atoms with Crippen molar-refractivity contribution >= 4 is 11.8 Å². The summed E-state index contributed by atoms with van der Waals surface area (Å²) in [4.78, 5) is 24.5. The molecule has 0 aliphatic carbocycles. The highest BCUT2D eigenvalue weighted by atomic mass is 16.6. The van der Waals surface area contributed by atoms with Crippen LogP contribution in [0.1, 0.15) is 17.5 Å². The molecule has 134 valence electrons. The van der Waals surface area contributed by atoms with Crippen molar-refractivity contribution < 1.29 is 24.5 Å². The number of carbonyl (C=O) groups excluding carboxylic acids is 2. The zero-order chi connectivity index (χ0) is 18.5. The molecule has 0 fully saturated rings. The summed E-state index contributed by atoms with van der Waals surface area (Å²) in [6, 6.07) is 18.6. The van der Waals surface area contributed by atoms with E-state index in [4.69, 9.17) is 4.74 Å². The number of ether oxygens (including phenoxy) is 1. The third-order valence-corrected chi connectivity index (χ3v) is 4.37. The number of carbonyl (C=O) groups is 2. The first-order chi connectivity index (χ1) is 12.6. The number of hydrogen-bond donors (Lipinski definition) is 2. The van der Waals surface area contributed by atoms with Gasteiger partial charge in [-0.15, -0.1) is 0 Å². The van der Waals surface area contributed by atoms with E-state index in [1.807, 2.05) is 36.4 Å². The van der Waals surface area contributed by atoms with Crippen LogP contribution in [0.4, 0.5) is 0 Å². The molecule has 0 radical (unpaired) electrons. The van der Waals surface area contributed by atoms with Gasteiger partial charge in [-0.3, -0.25) is 4.79 Å². The lowest BCUT2D eigenvalue weighted by molar-refractivity contribution is -0.142. The van der Waals surface area contributed by atoms with Gasteiger partial charge in [0.1, 0.15) is 11.7 Å². The summed E-state index contributed by atoms with van der Waals surface area (Å²) in [5.41, 5.74) is 1.37. The van der Waals surface area contributed by atoms with Gasteiger partial charge in [0, 0.05) is 6.42 Å². The van der Waals surface area contributed by atoms with E-state index in [-0.39, 0.29) is 12.2 Å². The fraction of sp³-hybridized carbons (Fsp3) is 0.238. The van der Waals surface area contributed by atoms with Crippen molar-refractivity contribution in [2.24, 2.45) is 0 Å². The summed E-state index contributed by atoms with van der Waals surface area (Å²) in [5, 5.41) is 20.4. The van der Waals surface area contributed by atoms with Gasteiger partial charge in [0.05, 0.1) is 0 Å². The molecule has 1 aliphatic rings. The Bertz CT molecular complexity index is 811. The summed E-state index contributed by atoms with van der Waals surface area (Å²) >= 11 is 0. The summed E-state index contributed by atoms with van der Waals surface area (Å²) in [5.74, 6) is -2.07. The zero-order valence-electron chi connectivity index (χ0n) is 14.2. The Morgan fingerprint density at radius 2 is 1.58 bits per heavy atom. The molecule has 5 nitrogen and oxygen atoms in total. The lowest BCUT2D eigenvalue weighted by Crippen LogP contribution is -2.27. The highest BCUT2D eigenvalue weighted by Gasteiger charge is 2.40. The molecule has 0 saturated carbocycles. The Labute approximate surface area is 151 Å². The van der Waals surface area contributed by atoms with E-state index in [0.29, 0.717) is 12.8 Å². The number of Topliss-reactive ketones (excluding diaryl/α,β-unsaturated/α-hetero) is 1. The van der Waals surface area contributed by atoms with E-state index in [9.17, 15) is 19.8 Å². The van der Waals surface area contributed by atoms with E-state index in [1.54, 1.807) is 24.3 Å². The summed E-state index contributed by atoms with van der Waals surface area (Å²) in [7, 11) is 0. The first-order valence-corrected chi connectivity index (χ1v) is 8.50. The van der Waals surface area contributed by atoms with E-state index in [1.165, 1.54) is 0 Å². The van der Waals surface area contributed by atoms with Crippen LogP contribution in [0.5, 0.6) is 0 Å². The molecule has 0 bridgehead atoms. The number of aliphatic hydroxyl groups excluding tert-OH is 2. The Hall–Kier alpha value is -2.92. The molecule has 5 heteroatoms. The third kappa shape index (κ3) is 4.00. The molecule has 0 spiro atoms. The number of ketones is 1. The number of aryl methyl sites for hydroxylation is 1. The molecule has 2 aromatic rings. The minimum atomic E-state index is -1.41. The molecule has 3 rings (SSSR count). The molecular weight excluding hydrogens is 332 g/mol. The molecule has 0 amide bonds. The van der Waals surface area contributed by atoms with Crippen LogP contribution in [0.3, 0.4) is 0 Å². The maximum Gasteiger partial charge on any atom is 0.346 e. The average molecular weight is 352 g/mol. The summed E-state index contributed by atoms with van der Waals surface area (Å²) in [6.45, 7) is 0. The van der Waals surface area contributed by atoms with E-state index in [0.717, 1.165) is 11.1 Å². The van der Waals surface area contributed by atoms with Crippen LogP contribution in [0.2, 0.25) is 0 Å². The van der Waals surface area contributed by atoms with Gasteiger partial charge in [-0.05, 0) is 24.0 Å². The SMILES string of the molecule is O=C1OC(CCc2ccccc2)C(O)=C1C(=O)C(O)Cc1ccccc1. The molecule has 2 atom stereocenters. The molecule has 2 aromatic carbocycles. The predicted octanol–water partition coefficient (Wildman–Crippen LogP) is 2.53. The van der Waals surface area contributed by atoms with Crippen LogP contribution >= 0.6 is 0 Å². The van der Waals surface area contributed by atoms with Crippen LogP contribution in [0.15, 0.2) is 72.0 Å². The largest absolute Gasteiger partial charge is 0.507 e. The van der Waals surface area contributed by atoms with Crippen molar-refractivity contribution in [3.8, 4) is 0 Å². The average Bonchev–Trinajstić information content (AvgIpc) is 2.94. The van der Waals surface area contributed by atoms with Crippen LogP contribution in [-0.4, -0.2) is 34.2 Å². The normalized spacial score (nSPS) is 17.9. The molecule has 1 heterocycles. The van der Waals surface area contributed by atoms with Gasteiger partial charge in [-0.1, -0.05) is 60.7 Å². The van der Waals surface area contributed by atoms with Crippen LogP contribution in [0.25, 0.3) is 0 Å². The van der Waals surface area contributed by atoms with Gasteiger partial charge >= 0.3 is 5.97 Å². The fourth-order valence-corrected chi connectivity index (χ4v) is 2.97. The van der Waals surface area contributed by atoms with Gasteiger partial charge in [0.25, 0.3) is 0 Å². The molecule has 2 unspecified atom stereocenters. The molecule has 1 aliphatic heterocycles. The molecular formula is C21H20O5. The second-order valence-electron chi connectivity index (χ2n) is 6.25.